The van der Waals surface area contributed by atoms with E-state index in [9.17, 15) is 0 Å². The van der Waals surface area contributed by atoms with Gasteiger partial charge in [0, 0.05) is 11.6 Å². The van der Waals surface area contributed by atoms with Gasteiger partial charge >= 0.3 is 0 Å². The van der Waals surface area contributed by atoms with E-state index < -0.39 is 0 Å². The van der Waals surface area contributed by atoms with Crippen LogP contribution >= 0.6 is 0 Å². The van der Waals surface area contributed by atoms with Crippen molar-refractivity contribution in [2.24, 2.45) is 0 Å². The third-order valence-electron chi connectivity index (χ3n) is 3.09. The molecular formula is C16H21NO. The van der Waals surface area contributed by atoms with Gasteiger partial charge in [0.15, 0.2) is 0 Å². The van der Waals surface area contributed by atoms with Crippen LogP contribution < -0.4 is 4.74 Å². The van der Waals surface area contributed by atoms with Crippen LogP contribution in [0.5, 0.6) is 5.75 Å². The molecule has 0 bridgehead atoms. The molecule has 1 aromatic carbocycles. The van der Waals surface area contributed by atoms with Crippen LogP contribution in [0.15, 0.2) is 36.5 Å². The summed E-state index contributed by atoms with van der Waals surface area (Å²) in [5.74, 6) is 0.950. The van der Waals surface area contributed by atoms with Crippen LogP contribution in [-0.2, 0) is 0 Å². The second-order valence-electron chi connectivity index (χ2n) is 4.62. The first-order valence-electron chi connectivity index (χ1n) is 6.88. The predicted octanol–water partition coefficient (Wildman–Crippen LogP) is 4.58. The molecule has 0 aliphatic carbocycles. The summed E-state index contributed by atoms with van der Waals surface area (Å²) >= 11 is 0. The summed E-state index contributed by atoms with van der Waals surface area (Å²) in [7, 11) is 0. The van der Waals surface area contributed by atoms with Crippen LogP contribution in [0.3, 0.4) is 0 Å². The fourth-order valence-corrected chi connectivity index (χ4v) is 2.04. The molecule has 1 heterocycles. The fourth-order valence-electron chi connectivity index (χ4n) is 2.04. The molecule has 0 aliphatic rings. The molecule has 0 saturated heterocycles. The Morgan fingerprint density at radius 2 is 1.94 bits per heavy atom. The van der Waals surface area contributed by atoms with Gasteiger partial charge in [0.25, 0.3) is 0 Å². The van der Waals surface area contributed by atoms with Gasteiger partial charge in [-0.05, 0) is 30.7 Å². The standard InChI is InChI=1S/C16H21NO/c1-2-3-4-5-6-12-18-15-9-10-16-14(13-15)8-7-11-17-16/h7-11,13H,2-6,12H2,1H3. The zero-order valence-electron chi connectivity index (χ0n) is 11.1. The topological polar surface area (TPSA) is 22.1 Å². The molecule has 0 aliphatic heterocycles. The lowest BCUT2D eigenvalue weighted by molar-refractivity contribution is 0.305. The number of fused-ring (bicyclic) bond motifs is 1. The van der Waals surface area contributed by atoms with Crippen molar-refractivity contribution < 1.29 is 4.74 Å². The molecule has 0 saturated carbocycles. The van der Waals surface area contributed by atoms with Crippen molar-refractivity contribution >= 4 is 10.9 Å². The van der Waals surface area contributed by atoms with Crippen LogP contribution in [0.4, 0.5) is 0 Å². The van der Waals surface area contributed by atoms with E-state index in [2.05, 4.69) is 24.0 Å². The third kappa shape index (κ3) is 3.73. The molecule has 18 heavy (non-hydrogen) atoms. The molecule has 1 aromatic heterocycles. The monoisotopic (exact) mass is 243 g/mol. The van der Waals surface area contributed by atoms with Crippen LogP contribution in [0.2, 0.25) is 0 Å². The summed E-state index contributed by atoms with van der Waals surface area (Å²) in [4.78, 5) is 4.30. The molecule has 96 valence electrons. The van der Waals surface area contributed by atoms with Crippen molar-refractivity contribution in [1.29, 1.82) is 0 Å². The van der Waals surface area contributed by atoms with E-state index in [0.717, 1.165) is 29.7 Å². The van der Waals surface area contributed by atoms with Crippen molar-refractivity contribution in [2.45, 2.75) is 39.0 Å². The van der Waals surface area contributed by atoms with E-state index in [4.69, 9.17) is 4.74 Å². The van der Waals surface area contributed by atoms with E-state index in [1.54, 1.807) is 0 Å². The van der Waals surface area contributed by atoms with Gasteiger partial charge in [0.2, 0.25) is 0 Å². The van der Waals surface area contributed by atoms with Gasteiger partial charge in [0.1, 0.15) is 5.75 Å². The second-order valence-corrected chi connectivity index (χ2v) is 4.62. The molecule has 2 heteroatoms. The average Bonchev–Trinajstić information content (AvgIpc) is 2.42. The van der Waals surface area contributed by atoms with Crippen molar-refractivity contribution in [1.82, 2.24) is 4.98 Å². The first kappa shape index (κ1) is 12.9. The zero-order valence-corrected chi connectivity index (χ0v) is 11.1. The predicted molar refractivity (Wildman–Crippen MR) is 76.0 cm³/mol. The van der Waals surface area contributed by atoms with E-state index in [1.807, 2.05) is 24.4 Å². The minimum absolute atomic E-state index is 0.815. The summed E-state index contributed by atoms with van der Waals surface area (Å²) in [6, 6.07) is 10.1. The Labute approximate surface area is 109 Å². The van der Waals surface area contributed by atoms with Gasteiger partial charge in [0.05, 0.1) is 12.1 Å². The number of aromatic nitrogens is 1. The molecule has 0 unspecified atom stereocenters. The Hall–Kier alpha value is -1.57. The average molecular weight is 243 g/mol. The zero-order chi connectivity index (χ0) is 12.6. The smallest absolute Gasteiger partial charge is 0.120 e. The largest absolute Gasteiger partial charge is 0.494 e. The lowest BCUT2D eigenvalue weighted by Crippen LogP contribution is -1.97. The highest BCUT2D eigenvalue weighted by Crippen LogP contribution is 2.19. The third-order valence-corrected chi connectivity index (χ3v) is 3.09. The lowest BCUT2D eigenvalue weighted by atomic mass is 10.2. The highest BCUT2D eigenvalue weighted by atomic mass is 16.5. The number of unbranched alkanes of at least 4 members (excludes halogenated alkanes) is 4. The van der Waals surface area contributed by atoms with E-state index >= 15 is 0 Å². The summed E-state index contributed by atoms with van der Waals surface area (Å²) in [6.07, 6.45) is 8.17. The van der Waals surface area contributed by atoms with Crippen LogP contribution in [0.25, 0.3) is 10.9 Å². The van der Waals surface area contributed by atoms with Crippen LogP contribution in [0.1, 0.15) is 39.0 Å². The van der Waals surface area contributed by atoms with E-state index in [-0.39, 0.29) is 0 Å². The summed E-state index contributed by atoms with van der Waals surface area (Å²) in [6.45, 7) is 3.05. The first-order valence-corrected chi connectivity index (χ1v) is 6.88. The normalized spacial score (nSPS) is 10.7. The molecule has 0 fully saturated rings. The van der Waals surface area contributed by atoms with Gasteiger partial charge in [-0.1, -0.05) is 38.7 Å². The maximum atomic E-state index is 5.77. The maximum absolute atomic E-state index is 5.77. The van der Waals surface area contributed by atoms with Crippen LogP contribution in [0, 0.1) is 0 Å². The number of pyridine rings is 1. The number of rotatable bonds is 7. The minimum atomic E-state index is 0.815. The van der Waals surface area contributed by atoms with E-state index in [1.165, 1.54) is 25.7 Å². The summed E-state index contributed by atoms with van der Waals surface area (Å²) in [5, 5.41) is 1.14. The minimum Gasteiger partial charge on any atom is -0.494 e. The number of benzene rings is 1. The van der Waals surface area contributed by atoms with Gasteiger partial charge < -0.3 is 4.74 Å². The highest BCUT2D eigenvalue weighted by molar-refractivity contribution is 5.79. The highest BCUT2D eigenvalue weighted by Gasteiger charge is 1.97. The molecule has 2 aromatic rings. The Balaban J connectivity index is 1.81. The van der Waals surface area contributed by atoms with Crippen molar-refractivity contribution in [3.8, 4) is 5.75 Å². The Morgan fingerprint density at radius 1 is 1.06 bits per heavy atom. The van der Waals surface area contributed by atoms with Crippen LogP contribution in [-0.4, -0.2) is 11.6 Å². The van der Waals surface area contributed by atoms with Gasteiger partial charge in [-0.3, -0.25) is 4.98 Å². The fraction of sp³-hybridized carbons (Fsp3) is 0.438. The number of nitrogens with zero attached hydrogens (tertiary/aromatic N) is 1. The molecule has 0 atom stereocenters. The Morgan fingerprint density at radius 3 is 2.83 bits per heavy atom. The summed E-state index contributed by atoms with van der Waals surface area (Å²) in [5.41, 5.74) is 1.02. The first-order chi connectivity index (χ1) is 8.90. The number of ether oxygens (including phenoxy) is 1. The van der Waals surface area contributed by atoms with E-state index in [0.29, 0.717) is 0 Å². The maximum Gasteiger partial charge on any atom is 0.120 e. The Bertz CT molecular complexity index is 481. The Kier molecular flexibility index (Phi) is 5.00. The van der Waals surface area contributed by atoms with Gasteiger partial charge in [-0.15, -0.1) is 0 Å². The molecule has 0 radical (unpaired) electrons. The molecule has 2 rings (SSSR count). The lowest BCUT2D eigenvalue weighted by Gasteiger charge is -2.06. The molecular weight excluding hydrogens is 222 g/mol. The van der Waals surface area contributed by atoms with Crippen molar-refractivity contribution in [3.63, 3.8) is 0 Å². The summed E-state index contributed by atoms with van der Waals surface area (Å²) < 4.78 is 5.77. The molecule has 0 amide bonds. The number of hydrogen-bond donors (Lipinski definition) is 0. The van der Waals surface area contributed by atoms with Gasteiger partial charge in [-0.2, -0.15) is 0 Å². The quantitative estimate of drug-likeness (QED) is 0.664. The molecule has 2 nitrogen and oxygen atoms in total. The SMILES string of the molecule is CCCCCCCOc1ccc2ncccc2c1. The molecule has 0 spiro atoms. The van der Waals surface area contributed by atoms with Crippen molar-refractivity contribution in [2.75, 3.05) is 6.61 Å². The van der Waals surface area contributed by atoms with Crippen molar-refractivity contribution in [3.05, 3.63) is 36.5 Å². The molecule has 0 N–H and O–H groups in total. The second kappa shape index (κ2) is 7.00. The van der Waals surface area contributed by atoms with Gasteiger partial charge in [-0.25, -0.2) is 0 Å². The number of hydrogen-bond acceptors (Lipinski definition) is 2.